The van der Waals surface area contributed by atoms with E-state index in [9.17, 15) is 27.6 Å². The standard InChI is InChI=1S/C16H21F3N4O3/c1-9(2)6-20-16(26)22-13(25)8-23(3)7-12(24)21-11-5-4-10(17)14(18)15(11)19/h4-5,9H,6-8H2,1-3H3,(H,21,24)(H2,20,22,25,26). The molecule has 4 amide bonds. The summed E-state index contributed by atoms with van der Waals surface area (Å²) in [4.78, 5) is 36.2. The van der Waals surface area contributed by atoms with Crippen molar-refractivity contribution in [1.29, 1.82) is 0 Å². The number of likely N-dealkylation sites (N-methyl/N-ethyl adjacent to an activating group) is 1. The van der Waals surface area contributed by atoms with Gasteiger partial charge < -0.3 is 10.6 Å². The molecule has 0 spiro atoms. The van der Waals surface area contributed by atoms with Gasteiger partial charge in [-0.2, -0.15) is 0 Å². The Morgan fingerprint density at radius 3 is 2.27 bits per heavy atom. The molecule has 1 rings (SSSR count). The molecule has 144 valence electrons. The van der Waals surface area contributed by atoms with Crippen LogP contribution in [0.3, 0.4) is 0 Å². The number of hydrogen-bond donors (Lipinski definition) is 3. The molecule has 7 nitrogen and oxygen atoms in total. The van der Waals surface area contributed by atoms with E-state index < -0.39 is 41.0 Å². The molecule has 0 heterocycles. The minimum Gasteiger partial charge on any atom is -0.338 e. The van der Waals surface area contributed by atoms with Crippen LogP contribution in [-0.4, -0.2) is 49.4 Å². The normalized spacial score (nSPS) is 10.8. The smallest absolute Gasteiger partial charge is 0.321 e. The number of hydrogen-bond acceptors (Lipinski definition) is 4. The number of anilines is 1. The monoisotopic (exact) mass is 374 g/mol. The van der Waals surface area contributed by atoms with Crippen molar-refractivity contribution in [1.82, 2.24) is 15.5 Å². The zero-order valence-corrected chi connectivity index (χ0v) is 14.7. The van der Waals surface area contributed by atoms with E-state index in [1.807, 2.05) is 13.8 Å². The predicted molar refractivity (Wildman–Crippen MR) is 88.8 cm³/mol. The topological polar surface area (TPSA) is 90.5 Å². The fraction of sp³-hybridized carbons (Fsp3) is 0.438. The Balaban J connectivity index is 2.46. The van der Waals surface area contributed by atoms with Gasteiger partial charge in [0.25, 0.3) is 0 Å². The highest BCUT2D eigenvalue weighted by molar-refractivity contribution is 5.96. The van der Waals surface area contributed by atoms with Crippen molar-refractivity contribution in [3.8, 4) is 0 Å². The van der Waals surface area contributed by atoms with Crippen molar-refractivity contribution in [3.63, 3.8) is 0 Å². The number of imide groups is 1. The van der Waals surface area contributed by atoms with Crippen LogP contribution in [0.1, 0.15) is 13.8 Å². The van der Waals surface area contributed by atoms with E-state index in [0.717, 1.165) is 6.07 Å². The molecule has 26 heavy (non-hydrogen) atoms. The van der Waals surface area contributed by atoms with Crippen molar-refractivity contribution in [2.45, 2.75) is 13.8 Å². The predicted octanol–water partition coefficient (Wildman–Crippen LogP) is 1.46. The van der Waals surface area contributed by atoms with Gasteiger partial charge >= 0.3 is 6.03 Å². The number of benzene rings is 1. The van der Waals surface area contributed by atoms with E-state index in [1.165, 1.54) is 11.9 Å². The first kappa shape index (κ1) is 21.4. The fourth-order valence-electron chi connectivity index (χ4n) is 1.87. The van der Waals surface area contributed by atoms with Crippen molar-refractivity contribution in [2.75, 3.05) is 32.0 Å². The molecule has 10 heteroatoms. The highest BCUT2D eigenvalue weighted by Crippen LogP contribution is 2.19. The van der Waals surface area contributed by atoms with Crippen LogP contribution in [0.15, 0.2) is 12.1 Å². The van der Waals surface area contributed by atoms with Gasteiger partial charge in [-0.25, -0.2) is 18.0 Å². The van der Waals surface area contributed by atoms with Gasteiger partial charge in [0.15, 0.2) is 17.5 Å². The quantitative estimate of drug-likeness (QED) is 0.630. The van der Waals surface area contributed by atoms with Gasteiger partial charge in [-0.3, -0.25) is 19.8 Å². The van der Waals surface area contributed by atoms with E-state index in [2.05, 4.69) is 16.0 Å². The van der Waals surface area contributed by atoms with Crippen LogP contribution in [-0.2, 0) is 9.59 Å². The van der Waals surface area contributed by atoms with E-state index in [-0.39, 0.29) is 19.0 Å². The first-order valence-corrected chi connectivity index (χ1v) is 7.79. The van der Waals surface area contributed by atoms with E-state index in [0.29, 0.717) is 12.6 Å². The van der Waals surface area contributed by atoms with Crippen LogP contribution in [0.2, 0.25) is 0 Å². The number of amides is 4. The summed E-state index contributed by atoms with van der Waals surface area (Å²) in [5, 5.41) is 6.68. The molecule has 3 N–H and O–H groups in total. The average molecular weight is 374 g/mol. The van der Waals surface area contributed by atoms with Crippen LogP contribution < -0.4 is 16.0 Å². The van der Waals surface area contributed by atoms with Crippen LogP contribution in [0, 0.1) is 23.4 Å². The van der Waals surface area contributed by atoms with Gasteiger partial charge in [0.05, 0.1) is 18.8 Å². The summed E-state index contributed by atoms with van der Waals surface area (Å²) in [5.74, 6) is -5.73. The van der Waals surface area contributed by atoms with Crippen molar-refractivity contribution < 1.29 is 27.6 Å². The number of rotatable bonds is 7. The second-order valence-corrected chi connectivity index (χ2v) is 6.10. The van der Waals surface area contributed by atoms with Gasteiger partial charge in [-0.05, 0) is 25.1 Å². The minimum absolute atomic E-state index is 0.221. The maximum absolute atomic E-state index is 13.5. The largest absolute Gasteiger partial charge is 0.338 e. The first-order chi connectivity index (χ1) is 12.1. The Labute approximate surface area is 148 Å². The van der Waals surface area contributed by atoms with Gasteiger partial charge in [0.1, 0.15) is 0 Å². The third kappa shape index (κ3) is 7.09. The summed E-state index contributed by atoms with van der Waals surface area (Å²) >= 11 is 0. The lowest BCUT2D eigenvalue weighted by Crippen LogP contribution is -2.45. The molecule has 1 aromatic carbocycles. The third-order valence-electron chi connectivity index (χ3n) is 3.06. The fourth-order valence-corrected chi connectivity index (χ4v) is 1.87. The first-order valence-electron chi connectivity index (χ1n) is 7.79. The summed E-state index contributed by atoms with van der Waals surface area (Å²) in [6.45, 7) is 3.58. The third-order valence-corrected chi connectivity index (χ3v) is 3.06. The molecule has 0 radical (unpaired) electrons. The molecule has 0 atom stereocenters. The lowest BCUT2D eigenvalue weighted by molar-refractivity contribution is -0.122. The molecule has 0 aromatic heterocycles. The van der Waals surface area contributed by atoms with Crippen molar-refractivity contribution in [2.24, 2.45) is 5.92 Å². The van der Waals surface area contributed by atoms with Crippen LogP contribution in [0.5, 0.6) is 0 Å². The molecule has 0 aliphatic rings. The molecule has 0 saturated heterocycles. The molecular weight excluding hydrogens is 353 g/mol. The van der Waals surface area contributed by atoms with Gasteiger partial charge in [-0.1, -0.05) is 13.8 Å². The average Bonchev–Trinajstić information content (AvgIpc) is 2.53. The highest BCUT2D eigenvalue weighted by Gasteiger charge is 2.17. The maximum Gasteiger partial charge on any atom is 0.321 e. The molecular formula is C16H21F3N4O3. The number of urea groups is 1. The van der Waals surface area contributed by atoms with E-state index in [4.69, 9.17) is 0 Å². The Kier molecular flexibility index (Phi) is 8.04. The second kappa shape index (κ2) is 9.76. The maximum atomic E-state index is 13.5. The van der Waals surface area contributed by atoms with Gasteiger partial charge in [0, 0.05) is 6.54 Å². The number of carbonyl (C=O) groups excluding carboxylic acids is 3. The number of nitrogens with one attached hydrogen (secondary N) is 3. The molecule has 0 saturated carbocycles. The number of nitrogens with zero attached hydrogens (tertiary/aromatic N) is 1. The Morgan fingerprint density at radius 1 is 1.04 bits per heavy atom. The lowest BCUT2D eigenvalue weighted by atomic mass is 10.2. The lowest BCUT2D eigenvalue weighted by Gasteiger charge is -2.16. The molecule has 0 unspecified atom stereocenters. The number of halogens is 3. The van der Waals surface area contributed by atoms with Crippen LogP contribution in [0.25, 0.3) is 0 Å². The highest BCUT2D eigenvalue weighted by atomic mass is 19.2. The molecule has 0 bridgehead atoms. The minimum atomic E-state index is -1.69. The zero-order valence-electron chi connectivity index (χ0n) is 14.7. The number of carbonyl (C=O) groups is 3. The molecule has 1 aromatic rings. The summed E-state index contributed by atoms with van der Waals surface area (Å²) in [6, 6.07) is 0.920. The second-order valence-electron chi connectivity index (χ2n) is 6.10. The Bertz CT molecular complexity index is 683. The Morgan fingerprint density at radius 2 is 1.65 bits per heavy atom. The molecule has 0 fully saturated rings. The van der Waals surface area contributed by atoms with E-state index >= 15 is 0 Å². The van der Waals surface area contributed by atoms with Crippen molar-refractivity contribution in [3.05, 3.63) is 29.6 Å². The summed E-state index contributed by atoms with van der Waals surface area (Å²) in [7, 11) is 1.42. The zero-order chi connectivity index (χ0) is 19.9. The summed E-state index contributed by atoms with van der Waals surface area (Å²) in [5.41, 5.74) is -0.514. The molecule has 0 aliphatic carbocycles. The van der Waals surface area contributed by atoms with Gasteiger partial charge in [0.2, 0.25) is 11.8 Å². The van der Waals surface area contributed by atoms with E-state index in [1.54, 1.807) is 0 Å². The summed E-state index contributed by atoms with van der Waals surface area (Å²) < 4.78 is 39.4. The Hall–Kier alpha value is -2.62. The summed E-state index contributed by atoms with van der Waals surface area (Å²) in [6.07, 6.45) is 0. The van der Waals surface area contributed by atoms with Crippen molar-refractivity contribution >= 4 is 23.5 Å². The SMILES string of the molecule is CC(C)CNC(=O)NC(=O)CN(C)CC(=O)Nc1ccc(F)c(F)c1F. The van der Waals surface area contributed by atoms with Gasteiger partial charge in [-0.15, -0.1) is 0 Å². The van der Waals surface area contributed by atoms with Crippen LogP contribution in [0.4, 0.5) is 23.7 Å². The van der Waals surface area contributed by atoms with Crippen LogP contribution >= 0.6 is 0 Å². The molecule has 0 aliphatic heterocycles.